The van der Waals surface area contributed by atoms with Gasteiger partial charge in [-0.2, -0.15) is 5.26 Å². The molecule has 0 saturated carbocycles. The van der Waals surface area contributed by atoms with Crippen molar-refractivity contribution in [2.45, 2.75) is 0 Å². The quantitative estimate of drug-likeness (QED) is 0.386. The number of nitro groups is 1. The zero-order valence-corrected chi connectivity index (χ0v) is 6.43. The van der Waals surface area contributed by atoms with Crippen molar-refractivity contribution in [1.29, 1.82) is 5.26 Å². The molecule has 5 heteroatoms. The van der Waals surface area contributed by atoms with Gasteiger partial charge in [-0.15, -0.1) is 0 Å². The Morgan fingerprint density at radius 3 is 2.69 bits per heavy atom. The maximum atomic E-state index is 10.3. The van der Waals surface area contributed by atoms with Gasteiger partial charge >= 0.3 is 0 Å². The first kappa shape index (κ1) is 8.87. The second-order valence-electron chi connectivity index (χ2n) is 2.26. The van der Waals surface area contributed by atoms with E-state index in [2.05, 4.69) is 0 Å². The molecular formula is C8H4N2O3. The number of benzene rings is 1. The molecule has 0 amide bonds. The average molecular weight is 176 g/mol. The van der Waals surface area contributed by atoms with E-state index >= 15 is 0 Å². The Morgan fingerprint density at radius 2 is 2.23 bits per heavy atom. The Balaban J connectivity index is 3.31. The molecule has 0 spiro atoms. The molecule has 0 fully saturated rings. The van der Waals surface area contributed by atoms with E-state index < -0.39 is 4.92 Å². The number of carbonyl (C=O) groups excluding carboxylic acids is 1. The minimum Gasteiger partial charge on any atom is -0.298 e. The van der Waals surface area contributed by atoms with Crippen LogP contribution in [0.25, 0.3) is 0 Å². The van der Waals surface area contributed by atoms with Crippen LogP contribution in [0.1, 0.15) is 15.9 Å². The smallest absolute Gasteiger partial charge is 0.270 e. The Labute approximate surface area is 73.4 Å². The van der Waals surface area contributed by atoms with E-state index in [1.165, 1.54) is 12.1 Å². The summed E-state index contributed by atoms with van der Waals surface area (Å²) in [6.45, 7) is 0. The third-order valence-corrected chi connectivity index (χ3v) is 1.50. The lowest BCUT2D eigenvalue weighted by atomic mass is 10.1. The molecule has 13 heavy (non-hydrogen) atoms. The van der Waals surface area contributed by atoms with Crippen molar-refractivity contribution in [3.05, 3.63) is 39.4 Å². The maximum absolute atomic E-state index is 10.3. The summed E-state index contributed by atoms with van der Waals surface area (Å²) in [4.78, 5) is 20.0. The van der Waals surface area contributed by atoms with E-state index in [9.17, 15) is 14.9 Å². The summed E-state index contributed by atoms with van der Waals surface area (Å²) in [6.07, 6.45) is 0.488. The third-order valence-electron chi connectivity index (χ3n) is 1.50. The van der Waals surface area contributed by atoms with Crippen molar-refractivity contribution in [1.82, 2.24) is 0 Å². The zero-order valence-electron chi connectivity index (χ0n) is 6.43. The molecule has 5 nitrogen and oxygen atoms in total. The van der Waals surface area contributed by atoms with Crippen molar-refractivity contribution in [3.8, 4) is 6.07 Å². The summed E-state index contributed by atoms with van der Waals surface area (Å²) < 4.78 is 0. The molecule has 1 rings (SSSR count). The molecule has 0 saturated heterocycles. The third kappa shape index (κ3) is 1.68. The lowest BCUT2D eigenvalue weighted by molar-refractivity contribution is -0.384. The Hall–Kier alpha value is -2.22. The van der Waals surface area contributed by atoms with Crippen molar-refractivity contribution < 1.29 is 9.72 Å². The van der Waals surface area contributed by atoms with Crippen molar-refractivity contribution in [2.75, 3.05) is 0 Å². The zero-order chi connectivity index (χ0) is 9.84. The summed E-state index contributed by atoms with van der Waals surface area (Å²) in [7, 11) is 0. The van der Waals surface area contributed by atoms with Crippen LogP contribution in [0.5, 0.6) is 0 Å². The molecule has 1 aromatic carbocycles. The first-order chi connectivity index (χ1) is 6.19. The standard InChI is InChI=1S/C8H4N2O3/c9-4-7-3-8(10(12)13)2-1-6(7)5-11/h1-3,5H. The molecule has 0 atom stereocenters. The van der Waals surface area contributed by atoms with Gasteiger partial charge in [-0.05, 0) is 6.07 Å². The van der Waals surface area contributed by atoms with E-state index in [4.69, 9.17) is 5.26 Å². The number of hydrogen-bond donors (Lipinski definition) is 0. The lowest BCUT2D eigenvalue weighted by Gasteiger charge is -1.94. The van der Waals surface area contributed by atoms with E-state index in [1.54, 1.807) is 6.07 Å². The molecule has 0 aliphatic carbocycles. The molecule has 0 N–H and O–H groups in total. The number of nitro benzene ring substituents is 1. The molecule has 0 aliphatic rings. The Bertz CT molecular complexity index is 406. The van der Waals surface area contributed by atoms with Crippen LogP contribution in [0, 0.1) is 21.4 Å². The fourth-order valence-corrected chi connectivity index (χ4v) is 0.857. The summed E-state index contributed by atoms with van der Waals surface area (Å²) >= 11 is 0. The minimum absolute atomic E-state index is 0.0178. The van der Waals surface area contributed by atoms with Crippen LogP contribution in [0.3, 0.4) is 0 Å². The van der Waals surface area contributed by atoms with Gasteiger partial charge in [-0.25, -0.2) is 0 Å². The highest BCUT2D eigenvalue weighted by atomic mass is 16.6. The normalized spacial score (nSPS) is 8.85. The van der Waals surface area contributed by atoms with Crippen molar-refractivity contribution in [2.24, 2.45) is 0 Å². The predicted molar refractivity (Wildman–Crippen MR) is 43.2 cm³/mol. The van der Waals surface area contributed by atoms with Crippen LogP contribution in [-0.4, -0.2) is 11.2 Å². The van der Waals surface area contributed by atoms with Gasteiger partial charge in [0.05, 0.1) is 10.5 Å². The second kappa shape index (κ2) is 3.45. The van der Waals surface area contributed by atoms with Crippen LogP contribution in [0.15, 0.2) is 18.2 Å². The van der Waals surface area contributed by atoms with Gasteiger partial charge in [0.1, 0.15) is 6.07 Å². The Kier molecular flexibility index (Phi) is 2.36. The van der Waals surface area contributed by atoms with Gasteiger partial charge in [-0.1, -0.05) is 0 Å². The fourth-order valence-electron chi connectivity index (χ4n) is 0.857. The molecule has 0 aromatic heterocycles. The minimum atomic E-state index is -0.616. The summed E-state index contributed by atoms with van der Waals surface area (Å²) in [5.41, 5.74) is -0.0144. The van der Waals surface area contributed by atoms with Gasteiger partial charge in [0.15, 0.2) is 6.29 Å². The number of nitriles is 1. The topological polar surface area (TPSA) is 84.0 Å². The number of carbonyl (C=O) groups is 1. The van der Waals surface area contributed by atoms with E-state index in [0.29, 0.717) is 6.29 Å². The molecule has 0 heterocycles. The monoisotopic (exact) mass is 176 g/mol. The number of rotatable bonds is 2. The molecule has 64 valence electrons. The summed E-state index contributed by atoms with van der Waals surface area (Å²) in [5, 5.41) is 18.8. The van der Waals surface area contributed by atoms with Crippen LogP contribution in [0.2, 0.25) is 0 Å². The van der Waals surface area contributed by atoms with Gasteiger partial charge in [0.25, 0.3) is 5.69 Å². The first-order valence-corrected chi connectivity index (χ1v) is 3.32. The highest BCUT2D eigenvalue weighted by Gasteiger charge is 2.09. The van der Waals surface area contributed by atoms with Crippen molar-refractivity contribution in [3.63, 3.8) is 0 Å². The van der Waals surface area contributed by atoms with E-state index in [1.807, 2.05) is 0 Å². The van der Waals surface area contributed by atoms with E-state index in [-0.39, 0.29) is 16.8 Å². The lowest BCUT2D eigenvalue weighted by Crippen LogP contribution is -1.92. The van der Waals surface area contributed by atoms with Gasteiger partial charge < -0.3 is 0 Å². The first-order valence-electron chi connectivity index (χ1n) is 3.32. The Morgan fingerprint density at radius 1 is 1.54 bits per heavy atom. The molecule has 0 unspecified atom stereocenters. The number of aldehydes is 1. The molecule has 1 aromatic rings. The number of hydrogen-bond acceptors (Lipinski definition) is 4. The van der Waals surface area contributed by atoms with E-state index in [0.717, 1.165) is 6.07 Å². The largest absolute Gasteiger partial charge is 0.298 e. The highest BCUT2D eigenvalue weighted by Crippen LogP contribution is 2.15. The van der Waals surface area contributed by atoms with Crippen LogP contribution in [-0.2, 0) is 0 Å². The SMILES string of the molecule is N#Cc1cc([N+](=O)[O-])ccc1C=O. The van der Waals surface area contributed by atoms with Gasteiger partial charge in [0, 0.05) is 17.7 Å². The predicted octanol–water partition coefficient (Wildman–Crippen LogP) is 1.28. The average Bonchev–Trinajstić information content (AvgIpc) is 2.16. The highest BCUT2D eigenvalue weighted by molar-refractivity contribution is 5.79. The molecule has 0 aliphatic heterocycles. The number of non-ortho nitro benzene ring substituents is 1. The fraction of sp³-hybridized carbons (Fsp3) is 0. The maximum Gasteiger partial charge on any atom is 0.270 e. The van der Waals surface area contributed by atoms with Crippen LogP contribution in [0.4, 0.5) is 5.69 Å². The van der Waals surface area contributed by atoms with Crippen molar-refractivity contribution >= 4 is 12.0 Å². The second-order valence-corrected chi connectivity index (χ2v) is 2.26. The van der Waals surface area contributed by atoms with Crippen LogP contribution >= 0.6 is 0 Å². The molecule has 0 radical (unpaired) electrons. The molecule has 0 bridgehead atoms. The molecular weight excluding hydrogens is 172 g/mol. The summed E-state index contributed by atoms with van der Waals surface area (Å²) in [6, 6.07) is 5.22. The number of nitrogens with zero attached hydrogens (tertiary/aromatic N) is 2. The van der Waals surface area contributed by atoms with Gasteiger partial charge in [0.2, 0.25) is 0 Å². The van der Waals surface area contributed by atoms with Crippen LogP contribution < -0.4 is 0 Å². The summed E-state index contributed by atoms with van der Waals surface area (Å²) in [5.74, 6) is 0. The van der Waals surface area contributed by atoms with Gasteiger partial charge in [-0.3, -0.25) is 14.9 Å².